The molecule has 0 aliphatic carbocycles. The Bertz CT molecular complexity index is 438. The molecule has 0 unspecified atom stereocenters. The summed E-state index contributed by atoms with van der Waals surface area (Å²) in [5, 5.41) is 0. The van der Waals surface area contributed by atoms with Crippen LogP contribution in [-0.4, -0.2) is 0 Å². The van der Waals surface area contributed by atoms with Gasteiger partial charge in [-0.25, -0.2) is 0 Å². The van der Waals surface area contributed by atoms with Gasteiger partial charge in [0.1, 0.15) is 0 Å². The monoisotopic (exact) mass is 196 g/mol. The van der Waals surface area contributed by atoms with Gasteiger partial charge >= 0.3 is 0 Å². The van der Waals surface area contributed by atoms with Crippen molar-refractivity contribution < 1.29 is 0 Å². The quantitative estimate of drug-likeness (QED) is 0.683. The SMILES string of the molecule is Cc1ccc(Cc2ccccc2C)cc1. The van der Waals surface area contributed by atoms with Gasteiger partial charge in [0.15, 0.2) is 0 Å². The molecule has 0 N–H and O–H groups in total. The van der Waals surface area contributed by atoms with Crippen LogP contribution >= 0.6 is 0 Å². The van der Waals surface area contributed by atoms with Crippen LogP contribution < -0.4 is 0 Å². The van der Waals surface area contributed by atoms with Gasteiger partial charge in [0.05, 0.1) is 0 Å². The molecule has 0 heterocycles. The van der Waals surface area contributed by atoms with E-state index in [1.165, 1.54) is 22.3 Å². The van der Waals surface area contributed by atoms with Crippen molar-refractivity contribution in [2.45, 2.75) is 20.3 Å². The highest BCUT2D eigenvalue weighted by molar-refractivity contribution is 5.32. The Morgan fingerprint density at radius 3 is 2.13 bits per heavy atom. The first-order valence-corrected chi connectivity index (χ1v) is 5.36. The van der Waals surface area contributed by atoms with Crippen LogP contribution in [0.1, 0.15) is 22.3 Å². The number of hydrogen-bond acceptors (Lipinski definition) is 0. The van der Waals surface area contributed by atoms with Crippen molar-refractivity contribution in [3.8, 4) is 0 Å². The molecule has 76 valence electrons. The number of hydrogen-bond donors (Lipinski definition) is 0. The lowest BCUT2D eigenvalue weighted by molar-refractivity contribution is 1.15. The minimum atomic E-state index is 1.03. The normalized spacial score (nSPS) is 10.3. The molecule has 0 fully saturated rings. The minimum Gasteiger partial charge on any atom is -0.0620 e. The van der Waals surface area contributed by atoms with E-state index >= 15 is 0 Å². The van der Waals surface area contributed by atoms with E-state index in [1.807, 2.05) is 0 Å². The highest BCUT2D eigenvalue weighted by Crippen LogP contribution is 2.13. The van der Waals surface area contributed by atoms with Crippen LogP contribution in [0.3, 0.4) is 0 Å². The molecule has 0 heteroatoms. The summed E-state index contributed by atoms with van der Waals surface area (Å²) in [4.78, 5) is 0. The van der Waals surface area contributed by atoms with Gasteiger partial charge in [-0.05, 0) is 37.0 Å². The fourth-order valence-corrected chi connectivity index (χ4v) is 1.73. The van der Waals surface area contributed by atoms with Crippen molar-refractivity contribution in [1.29, 1.82) is 0 Å². The Labute approximate surface area is 91.6 Å². The molecule has 2 aromatic carbocycles. The largest absolute Gasteiger partial charge is 0.0620 e. The van der Waals surface area contributed by atoms with E-state index in [-0.39, 0.29) is 0 Å². The molecular formula is C15H16. The second-order valence-electron chi connectivity index (χ2n) is 4.09. The maximum atomic E-state index is 2.21. The lowest BCUT2D eigenvalue weighted by atomic mass is 10.0. The van der Waals surface area contributed by atoms with Gasteiger partial charge < -0.3 is 0 Å². The first-order valence-electron chi connectivity index (χ1n) is 5.36. The van der Waals surface area contributed by atoms with Crippen LogP contribution in [0.25, 0.3) is 0 Å². The molecular weight excluding hydrogens is 180 g/mol. The third-order valence-corrected chi connectivity index (χ3v) is 2.78. The van der Waals surface area contributed by atoms with E-state index in [0.29, 0.717) is 0 Å². The Hall–Kier alpha value is -1.56. The van der Waals surface area contributed by atoms with E-state index < -0.39 is 0 Å². The predicted molar refractivity (Wildman–Crippen MR) is 65.2 cm³/mol. The second kappa shape index (κ2) is 4.31. The van der Waals surface area contributed by atoms with E-state index in [0.717, 1.165) is 6.42 Å². The van der Waals surface area contributed by atoms with Gasteiger partial charge in [-0.3, -0.25) is 0 Å². The molecule has 0 amide bonds. The van der Waals surface area contributed by atoms with Crippen molar-refractivity contribution in [2.24, 2.45) is 0 Å². The topological polar surface area (TPSA) is 0 Å². The third-order valence-electron chi connectivity index (χ3n) is 2.78. The minimum absolute atomic E-state index is 1.03. The Balaban J connectivity index is 2.22. The maximum Gasteiger partial charge on any atom is -0.00231 e. The molecule has 0 bridgehead atoms. The van der Waals surface area contributed by atoms with E-state index in [9.17, 15) is 0 Å². The smallest absolute Gasteiger partial charge is 0.00231 e. The molecule has 0 aliphatic heterocycles. The highest BCUT2D eigenvalue weighted by atomic mass is 14.0. The summed E-state index contributed by atoms with van der Waals surface area (Å²) < 4.78 is 0. The zero-order chi connectivity index (χ0) is 10.7. The summed E-state index contributed by atoms with van der Waals surface area (Å²) >= 11 is 0. The lowest BCUT2D eigenvalue weighted by Crippen LogP contribution is -1.91. The predicted octanol–water partition coefficient (Wildman–Crippen LogP) is 3.89. The molecule has 0 aliphatic rings. The summed E-state index contributed by atoms with van der Waals surface area (Å²) in [5.41, 5.74) is 5.50. The number of benzene rings is 2. The molecule has 2 rings (SSSR count). The summed E-state index contributed by atoms with van der Waals surface area (Å²) in [6.07, 6.45) is 1.03. The summed E-state index contributed by atoms with van der Waals surface area (Å²) in [6.45, 7) is 4.29. The molecule has 0 aromatic heterocycles. The lowest BCUT2D eigenvalue weighted by Gasteiger charge is -2.05. The molecule has 15 heavy (non-hydrogen) atoms. The zero-order valence-electron chi connectivity index (χ0n) is 9.33. The van der Waals surface area contributed by atoms with Gasteiger partial charge in [-0.1, -0.05) is 54.1 Å². The van der Waals surface area contributed by atoms with Gasteiger partial charge in [0.25, 0.3) is 0 Å². The van der Waals surface area contributed by atoms with E-state index in [2.05, 4.69) is 62.4 Å². The average Bonchev–Trinajstić information content (AvgIpc) is 2.25. The van der Waals surface area contributed by atoms with Crippen molar-refractivity contribution >= 4 is 0 Å². The van der Waals surface area contributed by atoms with Gasteiger partial charge in [0, 0.05) is 0 Å². The van der Waals surface area contributed by atoms with Crippen LogP contribution in [0.15, 0.2) is 48.5 Å². The molecule has 0 atom stereocenters. The first kappa shape index (κ1) is 9.97. The molecule has 0 saturated heterocycles. The third kappa shape index (κ3) is 2.47. The summed E-state index contributed by atoms with van der Waals surface area (Å²) in [5.74, 6) is 0. The molecule has 0 radical (unpaired) electrons. The number of rotatable bonds is 2. The van der Waals surface area contributed by atoms with E-state index in [4.69, 9.17) is 0 Å². The van der Waals surface area contributed by atoms with Crippen LogP contribution in [0, 0.1) is 13.8 Å². The van der Waals surface area contributed by atoms with Gasteiger partial charge in [0.2, 0.25) is 0 Å². The summed E-state index contributed by atoms with van der Waals surface area (Å²) in [7, 11) is 0. The molecule has 2 aromatic rings. The zero-order valence-corrected chi connectivity index (χ0v) is 9.33. The van der Waals surface area contributed by atoms with Crippen LogP contribution in [0.5, 0.6) is 0 Å². The van der Waals surface area contributed by atoms with Crippen molar-refractivity contribution in [3.63, 3.8) is 0 Å². The van der Waals surface area contributed by atoms with Gasteiger partial charge in [-0.2, -0.15) is 0 Å². The molecule has 0 saturated carbocycles. The highest BCUT2D eigenvalue weighted by Gasteiger charge is 1.98. The van der Waals surface area contributed by atoms with Crippen molar-refractivity contribution in [1.82, 2.24) is 0 Å². The van der Waals surface area contributed by atoms with Crippen molar-refractivity contribution in [3.05, 3.63) is 70.8 Å². The fraction of sp³-hybridized carbons (Fsp3) is 0.200. The van der Waals surface area contributed by atoms with Crippen LogP contribution in [0.2, 0.25) is 0 Å². The number of aryl methyl sites for hydroxylation is 2. The Morgan fingerprint density at radius 2 is 1.47 bits per heavy atom. The van der Waals surface area contributed by atoms with Gasteiger partial charge in [-0.15, -0.1) is 0 Å². The Morgan fingerprint density at radius 1 is 0.800 bits per heavy atom. The first-order chi connectivity index (χ1) is 7.25. The van der Waals surface area contributed by atoms with Crippen molar-refractivity contribution in [2.75, 3.05) is 0 Å². The van der Waals surface area contributed by atoms with E-state index in [1.54, 1.807) is 0 Å². The second-order valence-corrected chi connectivity index (χ2v) is 4.09. The van der Waals surface area contributed by atoms with Crippen LogP contribution in [-0.2, 0) is 6.42 Å². The fourth-order valence-electron chi connectivity index (χ4n) is 1.73. The average molecular weight is 196 g/mol. The Kier molecular flexibility index (Phi) is 2.86. The van der Waals surface area contributed by atoms with Crippen LogP contribution in [0.4, 0.5) is 0 Å². The molecule has 0 spiro atoms. The summed E-state index contributed by atoms with van der Waals surface area (Å²) in [6, 6.07) is 17.3. The molecule has 0 nitrogen and oxygen atoms in total. The maximum absolute atomic E-state index is 2.21. The standard InChI is InChI=1S/C15H16/c1-12-7-9-14(10-8-12)11-15-6-4-3-5-13(15)2/h3-10H,11H2,1-2H3.